The molecule has 0 aliphatic heterocycles. The van der Waals surface area contributed by atoms with Gasteiger partial charge >= 0.3 is 0 Å². The normalized spacial score (nSPS) is 10.7. The third-order valence-electron chi connectivity index (χ3n) is 4.55. The molecule has 0 aliphatic rings. The lowest BCUT2D eigenvalue weighted by Crippen LogP contribution is -2.13. The minimum Gasteiger partial charge on any atom is -0.489 e. The first-order valence-electron chi connectivity index (χ1n) is 10.0. The zero-order chi connectivity index (χ0) is 22.9. The van der Waals surface area contributed by atoms with Gasteiger partial charge in [-0.3, -0.25) is 9.59 Å². The van der Waals surface area contributed by atoms with Crippen LogP contribution in [-0.4, -0.2) is 11.8 Å². The Bertz CT molecular complexity index is 1160. The number of nitrogens with zero attached hydrogens (tertiary/aromatic N) is 1. The molecule has 6 nitrogen and oxygen atoms in total. The van der Waals surface area contributed by atoms with E-state index in [0.29, 0.717) is 29.3 Å². The van der Waals surface area contributed by atoms with Crippen molar-refractivity contribution in [3.63, 3.8) is 0 Å². The molecule has 0 bridgehead atoms. The van der Waals surface area contributed by atoms with E-state index in [9.17, 15) is 14.9 Å². The average molecular weight is 425 g/mol. The third kappa shape index (κ3) is 6.57. The summed E-state index contributed by atoms with van der Waals surface area (Å²) in [6.07, 6.45) is 1.52. The van der Waals surface area contributed by atoms with Gasteiger partial charge in [0.05, 0.1) is 0 Å². The molecule has 2 N–H and O–H groups in total. The van der Waals surface area contributed by atoms with Crippen molar-refractivity contribution in [2.24, 2.45) is 0 Å². The van der Waals surface area contributed by atoms with Gasteiger partial charge in [-0.25, -0.2) is 0 Å². The average Bonchev–Trinajstić information content (AvgIpc) is 2.79. The molecule has 0 radical (unpaired) electrons. The maximum absolute atomic E-state index is 12.5. The van der Waals surface area contributed by atoms with Crippen LogP contribution in [0.3, 0.4) is 0 Å². The molecular formula is C26H23N3O3. The highest BCUT2D eigenvalue weighted by Crippen LogP contribution is 2.18. The maximum atomic E-state index is 12.5. The van der Waals surface area contributed by atoms with Crippen LogP contribution in [0.1, 0.15) is 23.6 Å². The second-order valence-electron chi connectivity index (χ2n) is 7.23. The van der Waals surface area contributed by atoms with E-state index in [0.717, 1.165) is 5.56 Å². The first-order chi connectivity index (χ1) is 15.4. The fourth-order valence-electron chi connectivity index (χ4n) is 2.87. The minimum atomic E-state index is -0.514. The van der Waals surface area contributed by atoms with Crippen molar-refractivity contribution in [2.45, 2.75) is 20.5 Å². The molecule has 0 atom stereocenters. The minimum absolute atomic E-state index is 0.0238. The van der Waals surface area contributed by atoms with E-state index < -0.39 is 5.91 Å². The van der Waals surface area contributed by atoms with Crippen molar-refractivity contribution < 1.29 is 14.3 Å². The fraction of sp³-hybridized carbons (Fsp3) is 0.115. The van der Waals surface area contributed by atoms with E-state index in [1.807, 2.05) is 37.3 Å². The topological polar surface area (TPSA) is 91.2 Å². The highest BCUT2D eigenvalue weighted by molar-refractivity contribution is 6.09. The Morgan fingerprint density at radius 1 is 0.906 bits per heavy atom. The summed E-state index contributed by atoms with van der Waals surface area (Å²) in [4.78, 5) is 23.5. The number of amides is 2. The van der Waals surface area contributed by atoms with Gasteiger partial charge in [0.2, 0.25) is 5.91 Å². The standard InChI is InChI=1S/C26H23N3O3/c1-18-3-5-21(6-4-18)17-32-25-13-7-20(8-14-25)15-22(16-27)26(31)29-24-11-9-23(10-12-24)28-19(2)30/h3-15H,17H2,1-2H3,(H,28,30)(H,29,31). The van der Waals surface area contributed by atoms with Gasteiger partial charge in [0.15, 0.2) is 0 Å². The zero-order valence-electron chi connectivity index (χ0n) is 17.9. The molecule has 0 saturated carbocycles. The summed E-state index contributed by atoms with van der Waals surface area (Å²) >= 11 is 0. The number of anilines is 2. The first kappa shape index (κ1) is 22.3. The number of carbonyl (C=O) groups is 2. The predicted octanol–water partition coefficient (Wildman–Crippen LogP) is 5.08. The molecular weight excluding hydrogens is 402 g/mol. The van der Waals surface area contributed by atoms with Gasteiger partial charge in [0, 0.05) is 18.3 Å². The van der Waals surface area contributed by atoms with Gasteiger partial charge in [0.25, 0.3) is 5.91 Å². The van der Waals surface area contributed by atoms with Crippen LogP contribution in [0.4, 0.5) is 11.4 Å². The number of nitriles is 1. The molecule has 0 aromatic heterocycles. The summed E-state index contributed by atoms with van der Waals surface area (Å²) in [5.74, 6) is 0.00692. The van der Waals surface area contributed by atoms with Crippen LogP contribution < -0.4 is 15.4 Å². The van der Waals surface area contributed by atoms with Gasteiger partial charge in [-0.05, 0) is 60.5 Å². The van der Waals surface area contributed by atoms with Crippen LogP contribution in [0.5, 0.6) is 5.75 Å². The van der Waals surface area contributed by atoms with Gasteiger partial charge in [0.1, 0.15) is 24.0 Å². The van der Waals surface area contributed by atoms with Gasteiger partial charge < -0.3 is 15.4 Å². The Kier molecular flexibility index (Phi) is 7.39. The Hall–Kier alpha value is -4.37. The lowest BCUT2D eigenvalue weighted by Gasteiger charge is -2.08. The van der Waals surface area contributed by atoms with Crippen LogP contribution >= 0.6 is 0 Å². The number of carbonyl (C=O) groups excluding carboxylic acids is 2. The largest absolute Gasteiger partial charge is 0.489 e. The molecule has 3 rings (SSSR count). The number of hydrogen-bond donors (Lipinski definition) is 2. The summed E-state index contributed by atoms with van der Waals surface area (Å²) in [5, 5.41) is 14.7. The molecule has 32 heavy (non-hydrogen) atoms. The monoisotopic (exact) mass is 425 g/mol. The van der Waals surface area contributed by atoms with E-state index in [1.165, 1.54) is 18.6 Å². The maximum Gasteiger partial charge on any atom is 0.266 e. The van der Waals surface area contributed by atoms with E-state index in [-0.39, 0.29) is 11.5 Å². The van der Waals surface area contributed by atoms with Crippen LogP contribution in [-0.2, 0) is 16.2 Å². The Labute approximate surface area is 187 Å². The summed E-state index contributed by atoms with van der Waals surface area (Å²) < 4.78 is 5.79. The van der Waals surface area contributed by atoms with Crippen LogP contribution in [0, 0.1) is 18.3 Å². The highest BCUT2D eigenvalue weighted by atomic mass is 16.5. The number of ether oxygens (including phenoxy) is 1. The number of benzene rings is 3. The Morgan fingerprint density at radius 3 is 2.06 bits per heavy atom. The molecule has 0 aliphatic carbocycles. The van der Waals surface area contributed by atoms with Crippen LogP contribution in [0.15, 0.2) is 78.4 Å². The fourth-order valence-corrected chi connectivity index (χ4v) is 2.87. The molecule has 160 valence electrons. The lowest BCUT2D eigenvalue weighted by molar-refractivity contribution is -0.114. The van der Waals surface area contributed by atoms with Crippen molar-refractivity contribution in [1.82, 2.24) is 0 Å². The Balaban J connectivity index is 1.61. The molecule has 2 amide bonds. The van der Waals surface area contributed by atoms with Gasteiger partial charge in [-0.15, -0.1) is 0 Å². The quantitative estimate of drug-likeness (QED) is 0.408. The molecule has 0 heterocycles. The number of nitrogens with one attached hydrogen (secondary N) is 2. The molecule has 3 aromatic carbocycles. The van der Waals surface area contributed by atoms with E-state index in [4.69, 9.17) is 4.74 Å². The second kappa shape index (κ2) is 10.6. The first-order valence-corrected chi connectivity index (χ1v) is 10.0. The number of aryl methyl sites for hydroxylation is 1. The summed E-state index contributed by atoms with van der Waals surface area (Å²) in [5.41, 5.74) is 4.10. The molecule has 3 aromatic rings. The van der Waals surface area contributed by atoms with Crippen LogP contribution in [0.2, 0.25) is 0 Å². The van der Waals surface area contributed by atoms with Crippen molar-refractivity contribution in [3.05, 3.63) is 95.1 Å². The molecule has 6 heteroatoms. The van der Waals surface area contributed by atoms with E-state index in [1.54, 1.807) is 48.5 Å². The highest BCUT2D eigenvalue weighted by Gasteiger charge is 2.10. The molecule has 0 fully saturated rings. The third-order valence-corrected chi connectivity index (χ3v) is 4.55. The lowest BCUT2D eigenvalue weighted by atomic mass is 10.1. The van der Waals surface area contributed by atoms with E-state index in [2.05, 4.69) is 10.6 Å². The summed E-state index contributed by atoms with van der Waals surface area (Å²) in [6, 6.07) is 23.9. The van der Waals surface area contributed by atoms with Gasteiger partial charge in [-0.2, -0.15) is 5.26 Å². The zero-order valence-corrected chi connectivity index (χ0v) is 17.9. The summed E-state index contributed by atoms with van der Waals surface area (Å²) in [7, 11) is 0. The number of hydrogen-bond acceptors (Lipinski definition) is 4. The van der Waals surface area contributed by atoms with Crippen molar-refractivity contribution in [1.29, 1.82) is 5.26 Å². The Morgan fingerprint density at radius 2 is 1.50 bits per heavy atom. The van der Waals surface area contributed by atoms with Crippen molar-refractivity contribution in [3.8, 4) is 11.8 Å². The molecule has 0 spiro atoms. The van der Waals surface area contributed by atoms with E-state index >= 15 is 0 Å². The molecule has 0 unspecified atom stereocenters. The SMILES string of the molecule is CC(=O)Nc1ccc(NC(=O)C(C#N)=Cc2ccc(OCc3ccc(C)cc3)cc2)cc1. The van der Waals surface area contributed by atoms with Gasteiger partial charge in [-0.1, -0.05) is 42.0 Å². The van der Waals surface area contributed by atoms with Crippen molar-refractivity contribution in [2.75, 3.05) is 10.6 Å². The second-order valence-corrected chi connectivity index (χ2v) is 7.23. The summed E-state index contributed by atoms with van der Waals surface area (Å²) in [6.45, 7) is 3.92. The van der Waals surface area contributed by atoms with Crippen LogP contribution in [0.25, 0.3) is 6.08 Å². The van der Waals surface area contributed by atoms with Crippen molar-refractivity contribution >= 4 is 29.3 Å². The smallest absolute Gasteiger partial charge is 0.266 e. The predicted molar refractivity (Wildman–Crippen MR) is 125 cm³/mol. The molecule has 0 saturated heterocycles. The number of rotatable bonds is 7.